The number of amides is 1. The van der Waals surface area contributed by atoms with Gasteiger partial charge in [-0.15, -0.1) is 0 Å². The van der Waals surface area contributed by atoms with E-state index in [1.54, 1.807) is 13.2 Å². The molecule has 0 saturated heterocycles. The van der Waals surface area contributed by atoms with E-state index in [1.807, 2.05) is 4.90 Å². The molecule has 2 aliphatic rings. The number of ether oxygens (including phenoxy) is 1. The van der Waals surface area contributed by atoms with E-state index in [-0.39, 0.29) is 5.91 Å². The van der Waals surface area contributed by atoms with Crippen molar-refractivity contribution in [2.75, 3.05) is 13.7 Å². The molecule has 3 nitrogen and oxygen atoms in total. The van der Waals surface area contributed by atoms with Crippen LogP contribution >= 0.6 is 0 Å². The van der Waals surface area contributed by atoms with Crippen LogP contribution in [0, 0.1) is 0 Å². The van der Waals surface area contributed by atoms with Crippen molar-refractivity contribution in [1.29, 1.82) is 0 Å². The van der Waals surface area contributed by atoms with Gasteiger partial charge in [0.2, 0.25) is 0 Å². The van der Waals surface area contributed by atoms with E-state index in [1.165, 1.54) is 0 Å². The third-order valence-corrected chi connectivity index (χ3v) is 2.14. The first-order valence-corrected chi connectivity index (χ1v) is 3.86. The van der Waals surface area contributed by atoms with Crippen LogP contribution in [0.5, 0.6) is 0 Å². The second kappa shape index (κ2) is 2.26. The molecule has 1 heterocycles. The Morgan fingerprint density at radius 3 is 2.82 bits per heavy atom. The van der Waals surface area contributed by atoms with Gasteiger partial charge in [-0.05, 0) is 12.8 Å². The summed E-state index contributed by atoms with van der Waals surface area (Å²) in [7, 11) is 1.61. The van der Waals surface area contributed by atoms with E-state index >= 15 is 0 Å². The largest absolute Gasteiger partial charge is 0.499 e. The number of carbonyl (C=O) groups is 1. The van der Waals surface area contributed by atoms with Crippen LogP contribution in [-0.2, 0) is 9.53 Å². The Balaban J connectivity index is 2.03. The highest BCUT2D eigenvalue weighted by molar-refractivity contribution is 5.91. The molecular formula is C8H11NO2. The molecule has 2 rings (SSSR count). The molecule has 1 saturated carbocycles. The molecule has 0 aromatic rings. The number of hydrogen-bond acceptors (Lipinski definition) is 2. The topological polar surface area (TPSA) is 29.5 Å². The molecule has 1 aliphatic heterocycles. The lowest BCUT2D eigenvalue weighted by molar-refractivity contribution is -0.125. The summed E-state index contributed by atoms with van der Waals surface area (Å²) in [5, 5.41) is 0. The Hall–Kier alpha value is -0.990. The molecule has 0 unspecified atom stereocenters. The number of rotatable bonds is 2. The molecule has 0 N–H and O–H groups in total. The fourth-order valence-corrected chi connectivity index (χ4v) is 1.33. The minimum atomic E-state index is 0.115. The second-order valence-electron chi connectivity index (χ2n) is 3.01. The molecule has 1 aliphatic carbocycles. The number of carbonyl (C=O) groups excluding carboxylic acids is 1. The van der Waals surface area contributed by atoms with Gasteiger partial charge in [0.1, 0.15) is 5.76 Å². The van der Waals surface area contributed by atoms with Crippen molar-refractivity contribution in [3.8, 4) is 0 Å². The third-order valence-electron chi connectivity index (χ3n) is 2.14. The lowest BCUT2D eigenvalue weighted by Gasteiger charge is -2.14. The van der Waals surface area contributed by atoms with Crippen molar-refractivity contribution < 1.29 is 9.53 Å². The normalized spacial score (nSPS) is 23.9. The first kappa shape index (κ1) is 6.70. The lowest BCUT2D eigenvalue weighted by atomic mass is 10.5. The molecular weight excluding hydrogens is 142 g/mol. The fourth-order valence-electron chi connectivity index (χ4n) is 1.33. The monoisotopic (exact) mass is 153 g/mol. The van der Waals surface area contributed by atoms with Gasteiger partial charge in [0.15, 0.2) is 0 Å². The summed E-state index contributed by atoms with van der Waals surface area (Å²) < 4.78 is 4.99. The molecule has 1 amide bonds. The van der Waals surface area contributed by atoms with Gasteiger partial charge in [0, 0.05) is 12.1 Å². The Bertz CT molecular complexity index is 218. The standard InChI is InChI=1S/C8H11NO2/c1-11-7-4-8(10)9(5-7)6-2-3-6/h4,6H,2-3,5H2,1H3. The number of nitrogens with zero attached hydrogens (tertiary/aromatic N) is 1. The van der Waals surface area contributed by atoms with Crippen LogP contribution in [0.25, 0.3) is 0 Å². The first-order chi connectivity index (χ1) is 5.31. The molecule has 0 atom stereocenters. The zero-order valence-corrected chi connectivity index (χ0v) is 6.54. The van der Waals surface area contributed by atoms with Gasteiger partial charge in [0.05, 0.1) is 13.7 Å². The first-order valence-electron chi connectivity index (χ1n) is 3.86. The zero-order valence-electron chi connectivity index (χ0n) is 6.54. The summed E-state index contributed by atoms with van der Waals surface area (Å²) in [6.07, 6.45) is 3.91. The highest BCUT2D eigenvalue weighted by Crippen LogP contribution is 2.30. The maximum atomic E-state index is 11.2. The Labute approximate surface area is 65.6 Å². The van der Waals surface area contributed by atoms with E-state index in [0.717, 1.165) is 18.6 Å². The summed E-state index contributed by atoms with van der Waals surface area (Å²) in [4.78, 5) is 13.1. The van der Waals surface area contributed by atoms with Crippen LogP contribution in [0.2, 0.25) is 0 Å². The molecule has 3 heteroatoms. The molecule has 0 radical (unpaired) electrons. The maximum Gasteiger partial charge on any atom is 0.250 e. The highest BCUT2D eigenvalue weighted by atomic mass is 16.5. The smallest absolute Gasteiger partial charge is 0.250 e. The van der Waals surface area contributed by atoms with Crippen molar-refractivity contribution in [1.82, 2.24) is 4.90 Å². The van der Waals surface area contributed by atoms with Crippen LogP contribution in [0.3, 0.4) is 0 Å². The van der Waals surface area contributed by atoms with Crippen molar-refractivity contribution in [3.63, 3.8) is 0 Å². The third kappa shape index (κ3) is 1.11. The van der Waals surface area contributed by atoms with Crippen LogP contribution in [0.4, 0.5) is 0 Å². The van der Waals surface area contributed by atoms with Gasteiger partial charge >= 0.3 is 0 Å². The Morgan fingerprint density at radius 2 is 2.36 bits per heavy atom. The lowest BCUT2D eigenvalue weighted by Crippen LogP contribution is -2.28. The predicted molar refractivity (Wildman–Crippen MR) is 39.8 cm³/mol. The summed E-state index contributed by atoms with van der Waals surface area (Å²) in [6.45, 7) is 0.681. The average molecular weight is 153 g/mol. The van der Waals surface area contributed by atoms with Crippen LogP contribution in [-0.4, -0.2) is 30.5 Å². The summed E-state index contributed by atoms with van der Waals surface area (Å²) in [5.74, 6) is 0.909. The van der Waals surface area contributed by atoms with E-state index in [9.17, 15) is 4.79 Å². The minimum absolute atomic E-state index is 0.115. The van der Waals surface area contributed by atoms with Gasteiger partial charge in [-0.2, -0.15) is 0 Å². The van der Waals surface area contributed by atoms with Gasteiger partial charge in [-0.3, -0.25) is 4.79 Å². The molecule has 0 bridgehead atoms. The Kier molecular flexibility index (Phi) is 1.37. The SMILES string of the molecule is COC1=CC(=O)N(C2CC2)C1. The molecule has 0 spiro atoms. The quantitative estimate of drug-likeness (QED) is 0.579. The van der Waals surface area contributed by atoms with E-state index in [0.29, 0.717) is 12.6 Å². The number of hydrogen-bond donors (Lipinski definition) is 0. The van der Waals surface area contributed by atoms with Crippen molar-refractivity contribution in [2.45, 2.75) is 18.9 Å². The van der Waals surface area contributed by atoms with E-state index in [4.69, 9.17) is 4.74 Å². The van der Waals surface area contributed by atoms with Crippen LogP contribution < -0.4 is 0 Å². The van der Waals surface area contributed by atoms with Crippen molar-refractivity contribution in [3.05, 3.63) is 11.8 Å². The van der Waals surface area contributed by atoms with E-state index in [2.05, 4.69) is 0 Å². The molecule has 0 aromatic carbocycles. The van der Waals surface area contributed by atoms with Crippen LogP contribution in [0.1, 0.15) is 12.8 Å². The molecule has 1 fully saturated rings. The fraction of sp³-hybridized carbons (Fsp3) is 0.625. The summed E-state index contributed by atoms with van der Waals surface area (Å²) in [6, 6.07) is 0.506. The molecule has 11 heavy (non-hydrogen) atoms. The minimum Gasteiger partial charge on any atom is -0.499 e. The van der Waals surface area contributed by atoms with Gasteiger partial charge in [0.25, 0.3) is 5.91 Å². The zero-order chi connectivity index (χ0) is 7.84. The molecule has 0 aromatic heterocycles. The highest BCUT2D eigenvalue weighted by Gasteiger charge is 2.35. The van der Waals surface area contributed by atoms with Gasteiger partial charge in [-0.1, -0.05) is 0 Å². The Morgan fingerprint density at radius 1 is 1.64 bits per heavy atom. The molecule has 60 valence electrons. The van der Waals surface area contributed by atoms with Crippen molar-refractivity contribution in [2.24, 2.45) is 0 Å². The average Bonchev–Trinajstić information content (AvgIpc) is 2.76. The predicted octanol–water partition coefficient (Wildman–Crippen LogP) is 0.521. The van der Waals surface area contributed by atoms with Gasteiger partial charge < -0.3 is 9.64 Å². The summed E-state index contributed by atoms with van der Waals surface area (Å²) >= 11 is 0. The number of methoxy groups -OCH3 is 1. The second-order valence-corrected chi connectivity index (χ2v) is 3.01. The maximum absolute atomic E-state index is 11.2. The van der Waals surface area contributed by atoms with Gasteiger partial charge in [-0.25, -0.2) is 0 Å². The van der Waals surface area contributed by atoms with E-state index < -0.39 is 0 Å². The van der Waals surface area contributed by atoms with Crippen LogP contribution in [0.15, 0.2) is 11.8 Å². The van der Waals surface area contributed by atoms with Crippen molar-refractivity contribution >= 4 is 5.91 Å². The summed E-state index contributed by atoms with van der Waals surface area (Å²) in [5.41, 5.74) is 0.